The average molecular weight is 336 g/mol. The summed E-state index contributed by atoms with van der Waals surface area (Å²) in [5.74, 6) is 2.32. The van der Waals surface area contributed by atoms with E-state index in [9.17, 15) is 0 Å². The van der Waals surface area contributed by atoms with Gasteiger partial charge < -0.3 is 15.4 Å². The Hall–Kier alpha value is -2.00. The third-order valence-electron chi connectivity index (χ3n) is 6.02. The molecule has 2 aliphatic rings. The third-order valence-corrected chi connectivity index (χ3v) is 6.02. The van der Waals surface area contributed by atoms with Crippen molar-refractivity contribution < 1.29 is 4.74 Å². The topological polar surface area (TPSA) is 38.5 Å². The largest absolute Gasteiger partial charge is 0.496 e. The van der Waals surface area contributed by atoms with Crippen molar-refractivity contribution >= 4 is 5.69 Å². The molecule has 1 aliphatic heterocycles. The van der Waals surface area contributed by atoms with Gasteiger partial charge in [0.25, 0.3) is 0 Å². The molecule has 0 spiro atoms. The van der Waals surface area contributed by atoms with Gasteiger partial charge in [0.2, 0.25) is 0 Å². The van der Waals surface area contributed by atoms with E-state index in [1.165, 1.54) is 62.0 Å². The molecule has 132 valence electrons. The summed E-state index contributed by atoms with van der Waals surface area (Å²) in [7, 11) is 1.78. The summed E-state index contributed by atoms with van der Waals surface area (Å²) >= 11 is 0. The number of nitrogens with two attached hydrogens (primary N) is 1. The van der Waals surface area contributed by atoms with Crippen molar-refractivity contribution in [2.24, 2.45) is 0 Å². The van der Waals surface area contributed by atoms with Gasteiger partial charge in [-0.2, -0.15) is 0 Å². The van der Waals surface area contributed by atoms with E-state index in [0.29, 0.717) is 11.8 Å². The Morgan fingerprint density at radius 3 is 2.64 bits per heavy atom. The molecule has 1 saturated heterocycles. The van der Waals surface area contributed by atoms with Gasteiger partial charge in [-0.05, 0) is 85.5 Å². The first-order chi connectivity index (χ1) is 12.2. The normalized spacial score (nSPS) is 21.2. The summed E-state index contributed by atoms with van der Waals surface area (Å²) in [4.78, 5) is 2.65. The number of fused-ring (bicyclic) bond motifs is 1. The fraction of sp³-hybridized carbons (Fsp3) is 0.455. The van der Waals surface area contributed by atoms with Crippen molar-refractivity contribution in [1.29, 1.82) is 0 Å². The van der Waals surface area contributed by atoms with Gasteiger partial charge in [-0.1, -0.05) is 24.3 Å². The van der Waals surface area contributed by atoms with Crippen LogP contribution in [0.25, 0.3) is 0 Å². The maximum atomic E-state index is 6.01. The first-order valence-corrected chi connectivity index (χ1v) is 9.48. The summed E-state index contributed by atoms with van der Waals surface area (Å²) in [6, 6.07) is 15.0. The summed E-state index contributed by atoms with van der Waals surface area (Å²) < 4.78 is 5.56. The number of hydrogen-bond donors (Lipinski definition) is 1. The van der Waals surface area contributed by atoms with E-state index in [1.807, 2.05) is 6.07 Å². The second-order valence-corrected chi connectivity index (χ2v) is 7.51. The second kappa shape index (κ2) is 7.09. The molecule has 0 radical (unpaired) electrons. The molecule has 0 aromatic heterocycles. The second-order valence-electron chi connectivity index (χ2n) is 7.51. The minimum atomic E-state index is 0.624. The number of ether oxygens (including phenoxy) is 1. The van der Waals surface area contributed by atoms with Gasteiger partial charge in [0.1, 0.15) is 5.75 Å². The Kier molecular flexibility index (Phi) is 4.67. The molecule has 1 atom stereocenters. The monoisotopic (exact) mass is 336 g/mol. The molecule has 2 aromatic carbocycles. The number of para-hydroxylation sites is 1. The van der Waals surface area contributed by atoms with Crippen LogP contribution >= 0.6 is 0 Å². The van der Waals surface area contributed by atoms with Crippen molar-refractivity contribution in [1.82, 2.24) is 4.90 Å². The van der Waals surface area contributed by atoms with Gasteiger partial charge in [-0.3, -0.25) is 0 Å². The highest BCUT2D eigenvalue weighted by atomic mass is 16.5. The van der Waals surface area contributed by atoms with Crippen LogP contribution in [-0.4, -0.2) is 31.6 Å². The summed E-state index contributed by atoms with van der Waals surface area (Å²) in [6.45, 7) is 3.53. The molecule has 3 nitrogen and oxygen atoms in total. The predicted molar refractivity (Wildman–Crippen MR) is 103 cm³/mol. The average Bonchev–Trinajstić information content (AvgIpc) is 3.04. The molecule has 0 amide bonds. The fourth-order valence-corrected chi connectivity index (χ4v) is 4.64. The van der Waals surface area contributed by atoms with Crippen LogP contribution in [0.2, 0.25) is 0 Å². The predicted octanol–water partition coefficient (Wildman–Crippen LogP) is 4.19. The molecule has 0 saturated carbocycles. The number of likely N-dealkylation sites (tertiary alicyclic amines) is 1. The number of aryl methyl sites for hydroxylation is 1. The minimum Gasteiger partial charge on any atom is -0.496 e. The lowest BCUT2D eigenvalue weighted by atomic mass is 9.88. The number of hydrogen-bond acceptors (Lipinski definition) is 3. The standard InChI is InChI=1S/C22H28N2O/c1-25-22-5-3-2-4-20(22)17-10-12-24(13-11-17)15-18-7-6-16-8-9-19(23)14-21(16)18/h2-5,8-9,14,17-18H,6-7,10-13,15,23H2,1H3. The molecule has 1 aliphatic carbocycles. The molecule has 2 N–H and O–H groups in total. The van der Waals surface area contributed by atoms with Crippen molar-refractivity contribution in [3.05, 3.63) is 59.2 Å². The molecular formula is C22H28N2O. The third kappa shape index (κ3) is 3.38. The van der Waals surface area contributed by atoms with Crippen molar-refractivity contribution in [3.63, 3.8) is 0 Å². The number of nitrogens with zero attached hydrogens (tertiary/aromatic N) is 1. The lowest BCUT2D eigenvalue weighted by Crippen LogP contribution is -2.35. The zero-order valence-corrected chi connectivity index (χ0v) is 15.1. The Bertz CT molecular complexity index is 735. The highest BCUT2D eigenvalue weighted by Gasteiger charge is 2.28. The molecule has 3 heteroatoms. The Morgan fingerprint density at radius 2 is 1.84 bits per heavy atom. The molecule has 1 heterocycles. The molecule has 1 fully saturated rings. The van der Waals surface area contributed by atoms with Gasteiger partial charge in [-0.25, -0.2) is 0 Å². The Morgan fingerprint density at radius 1 is 1.04 bits per heavy atom. The fourth-order valence-electron chi connectivity index (χ4n) is 4.64. The number of piperidine rings is 1. The number of anilines is 1. The van der Waals surface area contributed by atoms with E-state index < -0.39 is 0 Å². The maximum absolute atomic E-state index is 6.01. The Labute approximate surface area is 150 Å². The van der Waals surface area contributed by atoms with Crippen LogP contribution in [-0.2, 0) is 6.42 Å². The zero-order valence-electron chi connectivity index (χ0n) is 15.1. The SMILES string of the molecule is COc1ccccc1C1CCN(CC2CCc3ccc(N)cc32)CC1. The zero-order chi connectivity index (χ0) is 17.2. The highest BCUT2D eigenvalue weighted by Crippen LogP contribution is 2.37. The van der Waals surface area contributed by atoms with Crippen LogP contribution < -0.4 is 10.5 Å². The van der Waals surface area contributed by atoms with E-state index in [4.69, 9.17) is 10.5 Å². The van der Waals surface area contributed by atoms with Gasteiger partial charge in [0.15, 0.2) is 0 Å². The quantitative estimate of drug-likeness (QED) is 0.851. The summed E-state index contributed by atoms with van der Waals surface area (Å²) in [5, 5.41) is 0. The van der Waals surface area contributed by atoms with Gasteiger partial charge in [-0.15, -0.1) is 0 Å². The molecule has 25 heavy (non-hydrogen) atoms. The molecule has 1 unspecified atom stereocenters. The van der Waals surface area contributed by atoms with Crippen molar-refractivity contribution in [2.75, 3.05) is 32.5 Å². The highest BCUT2D eigenvalue weighted by molar-refractivity contribution is 5.48. The van der Waals surface area contributed by atoms with Gasteiger partial charge >= 0.3 is 0 Å². The van der Waals surface area contributed by atoms with Gasteiger partial charge in [0.05, 0.1) is 7.11 Å². The van der Waals surface area contributed by atoms with Crippen molar-refractivity contribution in [2.45, 2.75) is 37.5 Å². The minimum absolute atomic E-state index is 0.624. The Balaban J connectivity index is 1.38. The van der Waals surface area contributed by atoms with E-state index in [1.54, 1.807) is 7.11 Å². The first kappa shape index (κ1) is 16.5. The number of benzene rings is 2. The molecular weight excluding hydrogens is 308 g/mol. The van der Waals surface area contributed by atoms with E-state index in [0.717, 1.165) is 11.4 Å². The molecule has 0 bridgehead atoms. The molecule has 2 aromatic rings. The first-order valence-electron chi connectivity index (χ1n) is 9.48. The lowest BCUT2D eigenvalue weighted by Gasteiger charge is -2.34. The maximum Gasteiger partial charge on any atom is 0.122 e. The van der Waals surface area contributed by atoms with Crippen LogP contribution in [0, 0.1) is 0 Å². The smallest absolute Gasteiger partial charge is 0.122 e. The number of rotatable bonds is 4. The van der Waals surface area contributed by atoms with E-state index >= 15 is 0 Å². The summed E-state index contributed by atoms with van der Waals surface area (Å²) in [6.07, 6.45) is 4.91. The van der Waals surface area contributed by atoms with Crippen LogP contribution in [0.3, 0.4) is 0 Å². The van der Waals surface area contributed by atoms with E-state index in [-0.39, 0.29) is 0 Å². The van der Waals surface area contributed by atoms with Crippen LogP contribution in [0.4, 0.5) is 5.69 Å². The number of methoxy groups -OCH3 is 1. The number of nitrogen functional groups attached to an aromatic ring is 1. The van der Waals surface area contributed by atoms with Gasteiger partial charge in [0, 0.05) is 12.2 Å². The van der Waals surface area contributed by atoms with Crippen LogP contribution in [0.5, 0.6) is 5.75 Å². The van der Waals surface area contributed by atoms with Crippen LogP contribution in [0.15, 0.2) is 42.5 Å². The van der Waals surface area contributed by atoms with E-state index in [2.05, 4.69) is 41.3 Å². The van der Waals surface area contributed by atoms with Crippen LogP contribution in [0.1, 0.15) is 47.8 Å². The summed E-state index contributed by atoms with van der Waals surface area (Å²) in [5.41, 5.74) is 11.3. The van der Waals surface area contributed by atoms with Crippen molar-refractivity contribution in [3.8, 4) is 5.75 Å². The lowest BCUT2D eigenvalue weighted by molar-refractivity contribution is 0.199. The molecule has 4 rings (SSSR count).